The number of halogens is 1. The average Bonchev–Trinajstić information content (AvgIpc) is 2.53. The SMILES string of the molecule is CN(C(=O)c1ccncc1Cl)c1cccc(C(N)=NO)c1. The maximum Gasteiger partial charge on any atom is 0.259 e. The fourth-order valence-corrected chi connectivity index (χ4v) is 1.98. The first-order valence-electron chi connectivity index (χ1n) is 6.00. The number of amidine groups is 1. The summed E-state index contributed by atoms with van der Waals surface area (Å²) in [6.45, 7) is 0. The van der Waals surface area contributed by atoms with Crippen molar-refractivity contribution < 1.29 is 10.0 Å². The van der Waals surface area contributed by atoms with Gasteiger partial charge in [0.1, 0.15) is 0 Å². The van der Waals surface area contributed by atoms with Crippen molar-refractivity contribution in [2.45, 2.75) is 0 Å². The van der Waals surface area contributed by atoms with Crippen molar-refractivity contribution in [2.75, 3.05) is 11.9 Å². The van der Waals surface area contributed by atoms with Crippen molar-refractivity contribution in [3.05, 3.63) is 58.9 Å². The van der Waals surface area contributed by atoms with Gasteiger partial charge in [0, 0.05) is 30.7 Å². The summed E-state index contributed by atoms with van der Waals surface area (Å²) in [6, 6.07) is 8.31. The fraction of sp³-hybridized carbons (Fsp3) is 0.0714. The van der Waals surface area contributed by atoms with E-state index >= 15 is 0 Å². The van der Waals surface area contributed by atoms with E-state index in [1.54, 1.807) is 37.4 Å². The molecule has 0 atom stereocenters. The first-order valence-corrected chi connectivity index (χ1v) is 6.38. The second-order valence-electron chi connectivity index (χ2n) is 4.26. The molecule has 1 amide bonds. The van der Waals surface area contributed by atoms with Gasteiger partial charge in [0.2, 0.25) is 0 Å². The Bertz CT molecular complexity index is 703. The number of carbonyl (C=O) groups excluding carboxylic acids is 1. The van der Waals surface area contributed by atoms with Crippen molar-refractivity contribution in [2.24, 2.45) is 10.9 Å². The fourth-order valence-electron chi connectivity index (χ4n) is 1.78. The van der Waals surface area contributed by atoms with Gasteiger partial charge in [-0.15, -0.1) is 0 Å². The van der Waals surface area contributed by atoms with Crippen molar-refractivity contribution >= 4 is 29.0 Å². The highest BCUT2D eigenvalue weighted by Gasteiger charge is 2.17. The third-order valence-corrected chi connectivity index (χ3v) is 3.25. The molecule has 0 radical (unpaired) electrons. The molecule has 1 aromatic heterocycles. The summed E-state index contributed by atoms with van der Waals surface area (Å²) in [5.41, 5.74) is 7.00. The lowest BCUT2D eigenvalue weighted by molar-refractivity contribution is 0.0993. The van der Waals surface area contributed by atoms with Crippen LogP contribution in [0.2, 0.25) is 5.02 Å². The molecule has 2 aromatic rings. The lowest BCUT2D eigenvalue weighted by Crippen LogP contribution is -2.27. The molecule has 108 valence electrons. The number of aromatic nitrogens is 1. The van der Waals surface area contributed by atoms with Gasteiger partial charge in [-0.3, -0.25) is 9.78 Å². The maximum atomic E-state index is 12.4. The van der Waals surface area contributed by atoms with E-state index in [9.17, 15) is 4.79 Å². The number of hydrogen-bond acceptors (Lipinski definition) is 4. The molecule has 0 saturated carbocycles. The third kappa shape index (κ3) is 3.11. The lowest BCUT2D eigenvalue weighted by atomic mass is 10.1. The second kappa shape index (κ2) is 6.23. The maximum absolute atomic E-state index is 12.4. The van der Waals surface area contributed by atoms with E-state index in [1.807, 2.05) is 0 Å². The Balaban J connectivity index is 2.34. The number of hydrogen-bond donors (Lipinski definition) is 2. The molecule has 0 aliphatic rings. The molecular formula is C14H13ClN4O2. The number of oxime groups is 1. The van der Waals surface area contributed by atoms with Crippen LogP contribution >= 0.6 is 11.6 Å². The molecule has 0 spiro atoms. The van der Waals surface area contributed by atoms with Crippen molar-refractivity contribution in [1.29, 1.82) is 0 Å². The van der Waals surface area contributed by atoms with Gasteiger partial charge in [0.25, 0.3) is 5.91 Å². The Morgan fingerprint density at radius 3 is 2.86 bits per heavy atom. The number of benzene rings is 1. The average molecular weight is 305 g/mol. The minimum absolute atomic E-state index is 0.0281. The summed E-state index contributed by atoms with van der Waals surface area (Å²) >= 11 is 5.97. The van der Waals surface area contributed by atoms with Gasteiger partial charge >= 0.3 is 0 Å². The van der Waals surface area contributed by atoms with Crippen LogP contribution in [0.4, 0.5) is 5.69 Å². The molecule has 6 nitrogen and oxygen atoms in total. The summed E-state index contributed by atoms with van der Waals surface area (Å²) < 4.78 is 0. The monoisotopic (exact) mass is 304 g/mol. The molecule has 0 aliphatic heterocycles. The largest absolute Gasteiger partial charge is 0.409 e. The normalized spacial score (nSPS) is 11.2. The van der Waals surface area contributed by atoms with E-state index in [-0.39, 0.29) is 16.8 Å². The van der Waals surface area contributed by atoms with Crippen LogP contribution in [0.5, 0.6) is 0 Å². The van der Waals surface area contributed by atoms with Crippen LogP contribution < -0.4 is 10.6 Å². The van der Waals surface area contributed by atoms with Crippen LogP contribution in [0, 0.1) is 0 Å². The number of anilines is 1. The van der Waals surface area contributed by atoms with Crippen LogP contribution in [0.25, 0.3) is 0 Å². The second-order valence-corrected chi connectivity index (χ2v) is 4.66. The zero-order valence-corrected chi connectivity index (χ0v) is 11.9. The van der Waals surface area contributed by atoms with E-state index < -0.39 is 0 Å². The molecular weight excluding hydrogens is 292 g/mol. The van der Waals surface area contributed by atoms with E-state index in [1.165, 1.54) is 17.3 Å². The molecule has 7 heteroatoms. The lowest BCUT2D eigenvalue weighted by Gasteiger charge is -2.18. The Labute approximate surface area is 126 Å². The first kappa shape index (κ1) is 14.8. The number of nitrogens with zero attached hydrogens (tertiary/aromatic N) is 3. The molecule has 0 aliphatic carbocycles. The summed E-state index contributed by atoms with van der Waals surface area (Å²) in [4.78, 5) is 17.7. The molecule has 0 unspecified atom stereocenters. The Kier molecular flexibility index (Phi) is 4.39. The van der Waals surface area contributed by atoms with Gasteiger partial charge in [-0.05, 0) is 18.2 Å². The molecule has 0 bridgehead atoms. The van der Waals surface area contributed by atoms with Gasteiger partial charge in [0.05, 0.1) is 10.6 Å². The van der Waals surface area contributed by atoms with Crippen molar-refractivity contribution in [1.82, 2.24) is 4.98 Å². The van der Waals surface area contributed by atoms with Crippen LogP contribution in [0.3, 0.4) is 0 Å². The number of carbonyl (C=O) groups is 1. The molecule has 1 aromatic carbocycles. The topological polar surface area (TPSA) is 91.8 Å². The summed E-state index contributed by atoms with van der Waals surface area (Å²) in [6.07, 6.45) is 2.91. The number of amides is 1. The van der Waals surface area contributed by atoms with Gasteiger partial charge in [-0.25, -0.2) is 0 Å². The molecule has 21 heavy (non-hydrogen) atoms. The van der Waals surface area contributed by atoms with Crippen molar-refractivity contribution in [3.8, 4) is 0 Å². The summed E-state index contributed by atoms with van der Waals surface area (Å²) in [5.74, 6) is -0.307. The predicted molar refractivity (Wildman–Crippen MR) is 80.9 cm³/mol. The van der Waals surface area contributed by atoms with E-state index in [4.69, 9.17) is 22.5 Å². The molecule has 1 heterocycles. The number of pyridine rings is 1. The van der Waals surface area contributed by atoms with Gasteiger partial charge in [-0.1, -0.05) is 28.9 Å². The van der Waals surface area contributed by atoms with Crippen LogP contribution in [0.15, 0.2) is 47.9 Å². The zero-order valence-electron chi connectivity index (χ0n) is 11.2. The third-order valence-electron chi connectivity index (χ3n) is 2.94. The predicted octanol–water partition coefficient (Wildman–Crippen LogP) is 2.11. The number of rotatable bonds is 3. The summed E-state index contributed by atoms with van der Waals surface area (Å²) in [5, 5.41) is 11.9. The van der Waals surface area contributed by atoms with Gasteiger partial charge < -0.3 is 15.8 Å². The standard InChI is InChI=1S/C14H13ClN4O2/c1-19(14(20)11-5-6-17-8-12(11)15)10-4-2-3-9(7-10)13(16)18-21/h2-8,21H,1H3,(H2,16,18). The zero-order chi connectivity index (χ0) is 15.4. The van der Waals surface area contributed by atoms with E-state index in [0.29, 0.717) is 16.8 Å². The van der Waals surface area contributed by atoms with Crippen LogP contribution in [-0.2, 0) is 0 Å². The quantitative estimate of drug-likeness (QED) is 0.393. The minimum Gasteiger partial charge on any atom is -0.409 e. The van der Waals surface area contributed by atoms with Gasteiger partial charge in [-0.2, -0.15) is 0 Å². The molecule has 0 fully saturated rings. The highest BCUT2D eigenvalue weighted by Crippen LogP contribution is 2.20. The Morgan fingerprint density at radius 2 is 2.19 bits per heavy atom. The van der Waals surface area contributed by atoms with Crippen molar-refractivity contribution in [3.63, 3.8) is 0 Å². The Morgan fingerprint density at radius 1 is 1.43 bits per heavy atom. The Hall–Kier alpha value is -2.60. The van der Waals surface area contributed by atoms with E-state index in [0.717, 1.165) is 0 Å². The summed E-state index contributed by atoms with van der Waals surface area (Å²) in [7, 11) is 1.62. The highest BCUT2D eigenvalue weighted by molar-refractivity contribution is 6.34. The van der Waals surface area contributed by atoms with Crippen LogP contribution in [-0.4, -0.2) is 29.0 Å². The van der Waals surface area contributed by atoms with E-state index in [2.05, 4.69) is 10.1 Å². The highest BCUT2D eigenvalue weighted by atomic mass is 35.5. The minimum atomic E-state index is -0.279. The molecule has 2 rings (SSSR count). The van der Waals surface area contributed by atoms with Gasteiger partial charge in [0.15, 0.2) is 5.84 Å². The van der Waals surface area contributed by atoms with Crippen LogP contribution in [0.1, 0.15) is 15.9 Å². The number of nitrogens with two attached hydrogens (primary N) is 1. The molecule has 3 N–H and O–H groups in total. The smallest absolute Gasteiger partial charge is 0.259 e. The first-order chi connectivity index (χ1) is 10.0. The molecule has 0 saturated heterocycles.